The van der Waals surface area contributed by atoms with Crippen LogP contribution in [0.15, 0.2) is 0 Å². The predicted molar refractivity (Wildman–Crippen MR) is 76.7 cm³/mol. The largest absolute Gasteiger partial charge is 0.376 e. The summed E-state index contributed by atoms with van der Waals surface area (Å²) in [6.07, 6.45) is 2.72. The van der Waals surface area contributed by atoms with E-state index in [0.717, 1.165) is 26.1 Å². The van der Waals surface area contributed by atoms with Crippen molar-refractivity contribution < 1.29 is 4.74 Å². The van der Waals surface area contributed by atoms with Crippen LogP contribution in [-0.2, 0) is 4.74 Å². The van der Waals surface area contributed by atoms with E-state index in [-0.39, 0.29) is 0 Å². The lowest BCUT2D eigenvalue weighted by Crippen LogP contribution is -2.55. The number of ether oxygens (including phenoxy) is 1. The summed E-state index contributed by atoms with van der Waals surface area (Å²) in [5.41, 5.74) is 5.96. The van der Waals surface area contributed by atoms with Crippen molar-refractivity contribution in [2.45, 2.75) is 51.8 Å². The Morgan fingerprint density at radius 3 is 2.82 bits per heavy atom. The summed E-state index contributed by atoms with van der Waals surface area (Å²) < 4.78 is 5.74. The van der Waals surface area contributed by atoms with E-state index in [1.165, 1.54) is 17.9 Å². The minimum absolute atomic E-state index is 0.352. The fourth-order valence-corrected chi connectivity index (χ4v) is 3.18. The second-order valence-electron chi connectivity index (χ2n) is 4.78. The first-order chi connectivity index (χ1) is 8.22. The van der Waals surface area contributed by atoms with Crippen molar-refractivity contribution in [3.05, 3.63) is 0 Å². The van der Waals surface area contributed by atoms with E-state index in [1.807, 2.05) is 11.8 Å². The lowest BCUT2D eigenvalue weighted by atomic mass is 10.1. The zero-order valence-electron chi connectivity index (χ0n) is 11.5. The van der Waals surface area contributed by atoms with E-state index in [4.69, 9.17) is 10.5 Å². The molecule has 3 unspecified atom stereocenters. The quantitative estimate of drug-likeness (QED) is 0.710. The molecular weight excluding hydrogens is 232 g/mol. The van der Waals surface area contributed by atoms with E-state index >= 15 is 0 Å². The number of thioether (sulfide) groups is 1. The van der Waals surface area contributed by atoms with Crippen molar-refractivity contribution >= 4 is 11.8 Å². The summed E-state index contributed by atoms with van der Waals surface area (Å²) in [5, 5.41) is 0. The molecule has 1 saturated heterocycles. The first-order valence-corrected chi connectivity index (χ1v) is 8.03. The molecule has 1 heterocycles. The van der Waals surface area contributed by atoms with E-state index < -0.39 is 0 Å². The summed E-state index contributed by atoms with van der Waals surface area (Å²) in [6, 6.07) is 1.09. The molecule has 0 bridgehead atoms. The highest BCUT2D eigenvalue weighted by Crippen LogP contribution is 2.20. The van der Waals surface area contributed by atoms with Crippen LogP contribution in [0, 0.1) is 0 Å². The third-order valence-electron chi connectivity index (χ3n) is 3.52. The molecule has 0 radical (unpaired) electrons. The summed E-state index contributed by atoms with van der Waals surface area (Å²) in [6.45, 7) is 9.30. The molecule has 102 valence electrons. The van der Waals surface area contributed by atoms with Crippen LogP contribution in [0.25, 0.3) is 0 Å². The van der Waals surface area contributed by atoms with Gasteiger partial charge in [-0.15, -0.1) is 0 Å². The number of hydrogen-bond donors (Lipinski definition) is 1. The monoisotopic (exact) mass is 260 g/mol. The molecule has 1 aliphatic heterocycles. The summed E-state index contributed by atoms with van der Waals surface area (Å²) >= 11 is 2.01. The Hall–Kier alpha value is 0.230. The topological polar surface area (TPSA) is 38.5 Å². The van der Waals surface area contributed by atoms with Gasteiger partial charge < -0.3 is 10.5 Å². The van der Waals surface area contributed by atoms with Crippen LogP contribution in [-0.4, -0.2) is 54.3 Å². The van der Waals surface area contributed by atoms with Gasteiger partial charge in [-0.1, -0.05) is 13.8 Å². The Balaban J connectivity index is 2.50. The Morgan fingerprint density at radius 2 is 2.24 bits per heavy atom. The van der Waals surface area contributed by atoms with Gasteiger partial charge in [0.25, 0.3) is 0 Å². The van der Waals surface area contributed by atoms with Crippen molar-refractivity contribution in [1.82, 2.24) is 4.90 Å². The molecule has 3 atom stereocenters. The van der Waals surface area contributed by atoms with Crippen LogP contribution >= 0.6 is 11.8 Å². The van der Waals surface area contributed by atoms with Gasteiger partial charge in [0.2, 0.25) is 0 Å². The SMILES string of the molecule is CCSCCC(CN)N1CC(C)OCC1CC. The number of hydrogen-bond acceptors (Lipinski definition) is 4. The van der Waals surface area contributed by atoms with Crippen molar-refractivity contribution in [3.8, 4) is 0 Å². The van der Waals surface area contributed by atoms with Gasteiger partial charge in [-0.05, 0) is 31.3 Å². The van der Waals surface area contributed by atoms with Crippen molar-refractivity contribution in [3.63, 3.8) is 0 Å². The zero-order chi connectivity index (χ0) is 12.7. The summed E-state index contributed by atoms with van der Waals surface area (Å²) in [7, 11) is 0. The van der Waals surface area contributed by atoms with Crippen LogP contribution in [0.3, 0.4) is 0 Å². The molecule has 0 spiro atoms. The van der Waals surface area contributed by atoms with E-state index in [9.17, 15) is 0 Å². The molecule has 1 aliphatic rings. The lowest BCUT2D eigenvalue weighted by Gasteiger charge is -2.43. The Labute approximate surface area is 110 Å². The molecule has 17 heavy (non-hydrogen) atoms. The maximum atomic E-state index is 5.96. The fraction of sp³-hybridized carbons (Fsp3) is 1.00. The second kappa shape index (κ2) is 8.35. The second-order valence-corrected chi connectivity index (χ2v) is 6.17. The highest BCUT2D eigenvalue weighted by molar-refractivity contribution is 7.99. The Morgan fingerprint density at radius 1 is 1.47 bits per heavy atom. The first kappa shape index (κ1) is 15.3. The van der Waals surface area contributed by atoms with Crippen LogP contribution in [0.2, 0.25) is 0 Å². The molecule has 0 aromatic carbocycles. The smallest absolute Gasteiger partial charge is 0.0674 e. The summed E-state index contributed by atoms with van der Waals surface area (Å²) in [4.78, 5) is 2.59. The average Bonchev–Trinajstić information content (AvgIpc) is 2.35. The Kier molecular flexibility index (Phi) is 7.51. The van der Waals surface area contributed by atoms with Gasteiger partial charge in [-0.3, -0.25) is 4.90 Å². The van der Waals surface area contributed by atoms with Gasteiger partial charge in [0, 0.05) is 25.2 Å². The molecule has 1 fully saturated rings. The number of nitrogens with two attached hydrogens (primary N) is 1. The molecule has 2 N–H and O–H groups in total. The predicted octanol–water partition coefficient (Wildman–Crippen LogP) is 1.96. The van der Waals surface area contributed by atoms with Crippen LogP contribution in [0.5, 0.6) is 0 Å². The first-order valence-electron chi connectivity index (χ1n) is 6.88. The summed E-state index contributed by atoms with van der Waals surface area (Å²) in [5.74, 6) is 2.43. The van der Waals surface area contributed by atoms with Gasteiger partial charge in [-0.25, -0.2) is 0 Å². The molecule has 0 aliphatic carbocycles. The van der Waals surface area contributed by atoms with E-state index in [0.29, 0.717) is 18.2 Å². The number of rotatable bonds is 7. The molecule has 4 heteroatoms. The van der Waals surface area contributed by atoms with Crippen molar-refractivity contribution in [2.24, 2.45) is 5.73 Å². The maximum absolute atomic E-state index is 5.96. The van der Waals surface area contributed by atoms with Gasteiger partial charge in [-0.2, -0.15) is 11.8 Å². The van der Waals surface area contributed by atoms with E-state index in [2.05, 4.69) is 25.7 Å². The standard InChI is InChI=1S/C13H28N2OS/c1-4-12-10-16-11(3)9-15(12)13(8-14)6-7-17-5-2/h11-13H,4-10,14H2,1-3H3. The molecule has 1 rings (SSSR count). The van der Waals surface area contributed by atoms with Gasteiger partial charge in [0.15, 0.2) is 0 Å². The normalized spacial score (nSPS) is 28.2. The molecule has 0 amide bonds. The molecule has 0 saturated carbocycles. The highest BCUT2D eigenvalue weighted by atomic mass is 32.2. The average molecular weight is 260 g/mol. The molecule has 0 aromatic heterocycles. The molecule has 3 nitrogen and oxygen atoms in total. The molecule has 0 aromatic rings. The van der Waals surface area contributed by atoms with Crippen LogP contribution in [0.1, 0.15) is 33.6 Å². The Bertz CT molecular complexity index is 204. The van der Waals surface area contributed by atoms with Gasteiger partial charge in [0.05, 0.1) is 12.7 Å². The molecular formula is C13H28N2OS. The number of nitrogens with zero attached hydrogens (tertiary/aromatic N) is 1. The lowest BCUT2D eigenvalue weighted by molar-refractivity contribution is -0.0714. The zero-order valence-corrected chi connectivity index (χ0v) is 12.3. The third-order valence-corrected chi connectivity index (χ3v) is 4.45. The minimum Gasteiger partial charge on any atom is -0.376 e. The van der Waals surface area contributed by atoms with Crippen LogP contribution < -0.4 is 5.73 Å². The van der Waals surface area contributed by atoms with Gasteiger partial charge in [0.1, 0.15) is 0 Å². The van der Waals surface area contributed by atoms with Crippen molar-refractivity contribution in [2.75, 3.05) is 31.2 Å². The van der Waals surface area contributed by atoms with Gasteiger partial charge >= 0.3 is 0 Å². The maximum Gasteiger partial charge on any atom is 0.0674 e. The van der Waals surface area contributed by atoms with E-state index in [1.54, 1.807) is 0 Å². The van der Waals surface area contributed by atoms with Crippen LogP contribution in [0.4, 0.5) is 0 Å². The highest BCUT2D eigenvalue weighted by Gasteiger charge is 2.30. The number of morpholine rings is 1. The fourth-order valence-electron chi connectivity index (χ4n) is 2.45. The minimum atomic E-state index is 0.352. The van der Waals surface area contributed by atoms with Crippen molar-refractivity contribution in [1.29, 1.82) is 0 Å². The third kappa shape index (κ3) is 4.78.